The number of aliphatic hydroxyl groups is 1. The number of anilines is 1. The number of benzene rings is 2. The highest BCUT2D eigenvalue weighted by atomic mass is 16.5. The third-order valence-corrected chi connectivity index (χ3v) is 7.80. The van der Waals surface area contributed by atoms with Crippen LogP contribution in [0, 0.1) is 0 Å². The summed E-state index contributed by atoms with van der Waals surface area (Å²) >= 11 is 0. The Labute approximate surface area is 259 Å². The summed E-state index contributed by atoms with van der Waals surface area (Å²) in [7, 11) is 2.73. The molecule has 0 radical (unpaired) electrons. The predicted octanol–water partition coefficient (Wildman–Crippen LogP) is 9.18. The van der Waals surface area contributed by atoms with Crippen molar-refractivity contribution in [3.63, 3.8) is 0 Å². The normalized spacial score (nSPS) is 11.6. The summed E-state index contributed by atoms with van der Waals surface area (Å²) in [6, 6.07) is 11.9. The van der Waals surface area contributed by atoms with Crippen molar-refractivity contribution < 1.29 is 28.9 Å². The Morgan fingerprint density at radius 2 is 1.28 bits per heavy atom. The van der Waals surface area contributed by atoms with E-state index in [1.165, 1.54) is 117 Å². The number of hydrogen-bond donors (Lipinski definition) is 2. The Balaban J connectivity index is 1.53. The van der Waals surface area contributed by atoms with Gasteiger partial charge in [0.2, 0.25) is 5.91 Å². The van der Waals surface area contributed by atoms with E-state index in [0.717, 1.165) is 12.2 Å². The van der Waals surface area contributed by atoms with E-state index in [1.807, 2.05) is 12.1 Å². The molecule has 7 nitrogen and oxygen atoms in total. The summed E-state index contributed by atoms with van der Waals surface area (Å²) in [5, 5.41) is 13.3. The molecule has 0 saturated carbocycles. The van der Waals surface area contributed by atoms with Crippen LogP contribution in [0.25, 0.3) is 0 Å². The summed E-state index contributed by atoms with van der Waals surface area (Å²) < 4.78 is 15.8. The van der Waals surface area contributed by atoms with E-state index < -0.39 is 12.1 Å². The maximum Gasteiger partial charge on any atom is 0.341 e. The van der Waals surface area contributed by atoms with Gasteiger partial charge < -0.3 is 24.6 Å². The Morgan fingerprint density at radius 3 is 1.79 bits per heavy atom. The number of nitrogens with one attached hydrogen (secondary N) is 1. The minimum absolute atomic E-state index is 0.126. The van der Waals surface area contributed by atoms with Gasteiger partial charge in [-0.2, -0.15) is 0 Å². The fourth-order valence-electron chi connectivity index (χ4n) is 5.19. The molecule has 2 aromatic carbocycles. The minimum atomic E-state index is -0.965. The van der Waals surface area contributed by atoms with Crippen LogP contribution in [0.1, 0.15) is 138 Å². The van der Waals surface area contributed by atoms with Gasteiger partial charge in [0.05, 0.1) is 33.4 Å². The monoisotopic (exact) mass is 597 g/mol. The van der Waals surface area contributed by atoms with Gasteiger partial charge in [-0.1, -0.05) is 115 Å². The van der Waals surface area contributed by atoms with Crippen LogP contribution in [0.5, 0.6) is 11.5 Å². The number of methoxy groups -OCH3 is 2. The van der Waals surface area contributed by atoms with Gasteiger partial charge in [-0.05, 0) is 42.3 Å². The SMILES string of the molecule is CCCCCCCCCCCCCCCCCCOc1ccc(C(O)CC(=O)Nc2ccc(OC)c(C(=O)OC)c2)cc1. The molecular weight excluding hydrogens is 542 g/mol. The van der Waals surface area contributed by atoms with Crippen molar-refractivity contribution in [2.45, 2.75) is 122 Å². The van der Waals surface area contributed by atoms with Crippen LogP contribution in [0.15, 0.2) is 42.5 Å². The zero-order valence-corrected chi connectivity index (χ0v) is 26.8. The number of unbranched alkanes of at least 4 members (excludes halogenated alkanes) is 15. The Morgan fingerprint density at radius 1 is 0.744 bits per heavy atom. The molecule has 2 aromatic rings. The number of carbonyl (C=O) groups is 2. The molecule has 7 heteroatoms. The topological polar surface area (TPSA) is 94.1 Å². The smallest absolute Gasteiger partial charge is 0.341 e. The molecule has 0 aliphatic rings. The van der Waals surface area contributed by atoms with Gasteiger partial charge in [0.15, 0.2) is 0 Å². The van der Waals surface area contributed by atoms with E-state index in [9.17, 15) is 14.7 Å². The van der Waals surface area contributed by atoms with Crippen LogP contribution >= 0.6 is 0 Å². The highest BCUT2D eigenvalue weighted by Crippen LogP contribution is 2.25. The standard InChI is InChI=1S/C36H55NO6/c1-4-5-6-7-8-9-10-11-12-13-14-15-16-17-18-19-26-43-31-23-20-29(21-24-31)33(38)28-35(39)37-30-22-25-34(41-2)32(27-30)36(40)42-3/h20-25,27,33,38H,4-19,26,28H2,1-3H3,(H,37,39). The molecule has 0 spiro atoms. The molecule has 0 aromatic heterocycles. The molecule has 0 bridgehead atoms. The molecule has 2 rings (SSSR count). The predicted molar refractivity (Wildman–Crippen MR) is 174 cm³/mol. The quantitative estimate of drug-likeness (QED) is 0.0925. The van der Waals surface area contributed by atoms with Crippen molar-refractivity contribution in [3.05, 3.63) is 53.6 Å². The van der Waals surface area contributed by atoms with Crippen LogP contribution in [0.4, 0.5) is 5.69 Å². The minimum Gasteiger partial charge on any atom is -0.496 e. The molecule has 0 saturated heterocycles. The molecule has 1 atom stereocenters. The van der Waals surface area contributed by atoms with E-state index in [4.69, 9.17) is 14.2 Å². The third-order valence-electron chi connectivity index (χ3n) is 7.80. The summed E-state index contributed by atoms with van der Waals surface area (Å²) in [6.07, 6.45) is 20.4. The van der Waals surface area contributed by atoms with Crippen LogP contribution in [-0.2, 0) is 9.53 Å². The molecule has 0 aliphatic heterocycles. The first kappa shape index (κ1) is 36.1. The number of carbonyl (C=O) groups excluding carboxylic acids is 2. The van der Waals surface area contributed by atoms with Gasteiger partial charge in [-0.3, -0.25) is 4.79 Å². The fourth-order valence-corrected chi connectivity index (χ4v) is 5.19. The number of hydrogen-bond acceptors (Lipinski definition) is 6. The number of rotatable bonds is 24. The van der Waals surface area contributed by atoms with Gasteiger partial charge in [-0.25, -0.2) is 4.79 Å². The second-order valence-corrected chi connectivity index (χ2v) is 11.4. The van der Waals surface area contributed by atoms with Crippen LogP contribution in [0.3, 0.4) is 0 Å². The molecule has 0 fully saturated rings. The first-order chi connectivity index (χ1) is 21.0. The van der Waals surface area contributed by atoms with E-state index >= 15 is 0 Å². The molecule has 240 valence electrons. The van der Waals surface area contributed by atoms with E-state index in [-0.39, 0.29) is 17.9 Å². The summed E-state index contributed by atoms with van der Waals surface area (Å²) in [5.41, 5.74) is 1.25. The van der Waals surface area contributed by atoms with Crippen molar-refractivity contribution in [3.8, 4) is 11.5 Å². The second kappa shape index (κ2) is 22.5. The lowest BCUT2D eigenvalue weighted by atomic mass is 10.0. The zero-order valence-electron chi connectivity index (χ0n) is 26.8. The Hall–Kier alpha value is -3.06. The van der Waals surface area contributed by atoms with Gasteiger partial charge in [0.1, 0.15) is 17.1 Å². The molecule has 43 heavy (non-hydrogen) atoms. The van der Waals surface area contributed by atoms with Gasteiger partial charge in [-0.15, -0.1) is 0 Å². The van der Waals surface area contributed by atoms with Crippen molar-refractivity contribution in [1.29, 1.82) is 0 Å². The zero-order chi connectivity index (χ0) is 31.1. The molecule has 1 amide bonds. The summed E-state index contributed by atoms with van der Waals surface area (Å²) in [6.45, 7) is 2.95. The Bertz CT molecular complexity index is 1040. The van der Waals surface area contributed by atoms with Gasteiger partial charge in [0, 0.05) is 5.69 Å². The maximum absolute atomic E-state index is 12.5. The average Bonchev–Trinajstić information content (AvgIpc) is 3.02. The third kappa shape index (κ3) is 15.3. The fraction of sp³-hybridized carbons (Fsp3) is 0.611. The molecule has 0 aliphatic carbocycles. The number of ether oxygens (including phenoxy) is 3. The van der Waals surface area contributed by atoms with Crippen LogP contribution in [0.2, 0.25) is 0 Å². The number of aliphatic hydroxyl groups excluding tert-OH is 1. The van der Waals surface area contributed by atoms with Crippen molar-refractivity contribution >= 4 is 17.6 Å². The molecular formula is C36H55NO6. The van der Waals surface area contributed by atoms with Gasteiger partial charge >= 0.3 is 5.97 Å². The first-order valence-corrected chi connectivity index (χ1v) is 16.5. The second-order valence-electron chi connectivity index (χ2n) is 11.4. The number of amides is 1. The highest BCUT2D eigenvalue weighted by Gasteiger charge is 2.17. The van der Waals surface area contributed by atoms with Crippen molar-refractivity contribution in [2.75, 3.05) is 26.1 Å². The maximum atomic E-state index is 12.5. The highest BCUT2D eigenvalue weighted by molar-refractivity contribution is 5.96. The number of esters is 1. The summed E-state index contributed by atoms with van der Waals surface area (Å²) in [4.78, 5) is 24.5. The van der Waals surface area contributed by atoms with E-state index in [2.05, 4.69) is 12.2 Å². The van der Waals surface area contributed by atoms with E-state index in [0.29, 0.717) is 23.6 Å². The first-order valence-electron chi connectivity index (χ1n) is 16.5. The lowest BCUT2D eigenvalue weighted by Crippen LogP contribution is -2.16. The Kier molecular flexibility index (Phi) is 18.9. The van der Waals surface area contributed by atoms with Gasteiger partial charge in [0.25, 0.3) is 0 Å². The van der Waals surface area contributed by atoms with Crippen molar-refractivity contribution in [1.82, 2.24) is 0 Å². The van der Waals surface area contributed by atoms with Crippen LogP contribution in [-0.4, -0.2) is 37.8 Å². The van der Waals surface area contributed by atoms with Crippen molar-refractivity contribution in [2.24, 2.45) is 0 Å². The van der Waals surface area contributed by atoms with E-state index in [1.54, 1.807) is 24.3 Å². The average molecular weight is 598 g/mol. The van der Waals surface area contributed by atoms with Crippen LogP contribution < -0.4 is 14.8 Å². The lowest BCUT2D eigenvalue weighted by molar-refractivity contribution is -0.118. The lowest BCUT2D eigenvalue weighted by Gasteiger charge is -2.14. The molecule has 1 unspecified atom stereocenters. The summed E-state index contributed by atoms with van der Waals surface area (Å²) in [5.74, 6) is 0.166. The molecule has 2 N–H and O–H groups in total. The molecule has 0 heterocycles. The largest absolute Gasteiger partial charge is 0.496 e.